The number of nitrogens with one attached hydrogen (secondary N) is 1. The lowest BCUT2D eigenvalue weighted by Gasteiger charge is -2.33. The average molecular weight is 436 g/mol. The summed E-state index contributed by atoms with van der Waals surface area (Å²) in [6.07, 6.45) is 0. The van der Waals surface area contributed by atoms with Crippen molar-refractivity contribution in [1.29, 1.82) is 0 Å². The Morgan fingerprint density at radius 1 is 1.00 bits per heavy atom. The topological polar surface area (TPSA) is 86.8 Å². The molecule has 0 spiro atoms. The molecular formula is C20H22ClN3O4S. The van der Waals surface area contributed by atoms with E-state index in [9.17, 15) is 18.0 Å². The molecule has 2 aromatic rings. The molecule has 0 aromatic heterocycles. The van der Waals surface area contributed by atoms with Crippen LogP contribution in [0.15, 0.2) is 47.4 Å². The smallest absolute Gasteiger partial charge is 0.255 e. The summed E-state index contributed by atoms with van der Waals surface area (Å²) in [7, 11) is -3.68. The molecule has 0 radical (unpaired) electrons. The minimum atomic E-state index is -3.68. The maximum Gasteiger partial charge on any atom is 0.255 e. The quantitative estimate of drug-likeness (QED) is 0.799. The lowest BCUT2D eigenvalue weighted by Crippen LogP contribution is -2.49. The number of hydrogen-bond donors (Lipinski definition) is 1. The van der Waals surface area contributed by atoms with E-state index in [4.69, 9.17) is 11.6 Å². The molecule has 9 heteroatoms. The fourth-order valence-electron chi connectivity index (χ4n) is 3.11. The van der Waals surface area contributed by atoms with Crippen molar-refractivity contribution in [3.8, 4) is 0 Å². The van der Waals surface area contributed by atoms with Gasteiger partial charge in [0.05, 0.1) is 4.90 Å². The molecule has 1 aliphatic heterocycles. The zero-order chi connectivity index (χ0) is 21.2. The van der Waals surface area contributed by atoms with Crippen molar-refractivity contribution in [1.82, 2.24) is 9.21 Å². The molecule has 1 saturated heterocycles. The zero-order valence-corrected chi connectivity index (χ0v) is 17.8. The third kappa shape index (κ3) is 4.60. The fraction of sp³-hybridized carbons (Fsp3) is 0.300. The molecule has 7 nitrogen and oxygen atoms in total. The van der Waals surface area contributed by atoms with Crippen molar-refractivity contribution in [2.75, 3.05) is 31.5 Å². The summed E-state index contributed by atoms with van der Waals surface area (Å²) >= 11 is 6.07. The first-order valence-corrected chi connectivity index (χ1v) is 10.9. The Hall–Kier alpha value is -2.42. The van der Waals surface area contributed by atoms with E-state index in [1.54, 1.807) is 30.0 Å². The van der Waals surface area contributed by atoms with Gasteiger partial charge in [-0.15, -0.1) is 0 Å². The number of sulfonamides is 1. The summed E-state index contributed by atoms with van der Waals surface area (Å²) in [6.45, 7) is 4.51. The van der Waals surface area contributed by atoms with Crippen LogP contribution in [-0.2, 0) is 14.8 Å². The molecule has 0 bridgehead atoms. The van der Waals surface area contributed by atoms with Crippen molar-refractivity contribution >= 4 is 39.1 Å². The Morgan fingerprint density at radius 3 is 2.21 bits per heavy atom. The van der Waals surface area contributed by atoms with Gasteiger partial charge < -0.3 is 10.2 Å². The average Bonchev–Trinajstić information content (AvgIpc) is 2.71. The first kappa shape index (κ1) is 21.3. The van der Waals surface area contributed by atoms with Crippen molar-refractivity contribution in [3.63, 3.8) is 0 Å². The SMILES string of the molecule is CC(=O)N1CCN(S(=O)(=O)c2ccc(C(=O)Nc3cccc(Cl)c3C)cc2)CC1. The molecule has 154 valence electrons. The summed E-state index contributed by atoms with van der Waals surface area (Å²) in [5, 5.41) is 3.33. The molecule has 0 unspecified atom stereocenters. The van der Waals surface area contributed by atoms with Gasteiger partial charge in [-0.3, -0.25) is 9.59 Å². The van der Waals surface area contributed by atoms with Gasteiger partial charge in [0.2, 0.25) is 15.9 Å². The minimum Gasteiger partial charge on any atom is -0.340 e. The van der Waals surface area contributed by atoms with Crippen LogP contribution < -0.4 is 5.32 Å². The number of rotatable bonds is 4. The molecule has 3 rings (SSSR count). The highest BCUT2D eigenvalue weighted by molar-refractivity contribution is 7.89. The fourth-order valence-corrected chi connectivity index (χ4v) is 4.70. The van der Waals surface area contributed by atoms with Crippen molar-refractivity contribution in [2.24, 2.45) is 0 Å². The number of anilines is 1. The second kappa shape index (κ2) is 8.52. The van der Waals surface area contributed by atoms with Gasteiger partial charge in [-0.25, -0.2) is 8.42 Å². The van der Waals surface area contributed by atoms with Crippen LogP contribution >= 0.6 is 11.6 Å². The molecular weight excluding hydrogens is 414 g/mol. The summed E-state index contributed by atoms with van der Waals surface area (Å²) < 4.78 is 27.0. The van der Waals surface area contributed by atoms with Gasteiger partial charge >= 0.3 is 0 Å². The van der Waals surface area contributed by atoms with Gasteiger partial charge in [0, 0.05) is 49.4 Å². The van der Waals surface area contributed by atoms with E-state index in [1.807, 2.05) is 0 Å². The Labute approximate surface area is 175 Å². The number of hydrogen-bond acceptors (Lipinski definition) is 4. The van der Waals surface area contributed by atoms with Gasteiger partial charge in [0.25, 0.3) is 5.91 Å². The normalized spacial score (nSPS) is 15.2. The van der Waals surface area contributed by atoms with E-state index in [0.717, 1.165) is 5.56 Å². The van der Waals surface area contributed by atoms with Crippen LogP contribution in [0.1, 0.15) is 22.8 Å². The predicted octanol–water partition coefficient (Wildman–Crippen LogP) is 2.75. The molecule has 1 fully saturated rings. The Bertz CT molecular complexity index is 1030. The van der Waals surface area contributed by atoms with E-state index in [1.165, 1.54) is 35.5 Å². The molecule has 0 saturated carbocycles. The monoisotopic (exact) mass is 435 g/mol. The summed E-state index contributed by atoms with van der Waals surface area (Å²) in [5.41, 5.74) is 1.69. The number of amides is 2. The van der Waals surface area contributed by atoms with Gasteiger partial charge in [-0.05, 0) is 48.9 Å². The number of halogens is 1. The van der Waals surface area contributed by atoms with Crippen LogP contribution in [0.2, 0.25) is 5.02 Å². The third-order valence-corrected chi connectivity index (χ3v) is 7.28. The number of piperazine rings is 1. The van der Waals surface area contributed by atoms with Gasteiger partial charge in [-0.1, -0.05) is 17.7 Å². The van der Waals surface area contributed by atoms with Crippen molar-refractivity contribution in [3.05, 3.63) is 58.6 Å². The number of carbonyl (C=O) groups excluding carboxylic acids is 2. The van der Waals surface area contributed by atoms with Crippen LogP contribution in [0, 0.1) is 6.92 Å². The number of carbonyl (C=O) groups is 2. The molecule has 0 atom stereocenters. The van der Waals surface area contributed by atoms with Crippen molar-refractivity contribution < 1.29 is 18.0 Å². The second-order valence-electron chi connectivity index (χ2n) is 6.80. The van der Waals surface area contributed by atoms with Crippen LogP contribution in [-0.4, -0.2) is 55.6 Å². The highest BCUT2D eigenvalue weighted by Gasteiger charge is 2.29. The highest BCUT2D eigenvalue weighted by Crippen LogP contribution is 2.24. The Balaban J connectivity index is 1.71. The van der Waals surface area contributed by atoms with Crippen molar-refractivity contribution in [2.45, 2.75) is 18.7 Å². The van der Waals surface area contributed by atoms with Crippen LogP contribution in [0.25, 0.3) is 0 Å². The lowest BCUT2D eigenvalue weighted by atomic mass is 10.1. The Kier molecular flexibility index (Phi) is 6.26. The molecule has 1 N–H and O–H groups in total. The first-order chi connectivity index (χ1) is 13.7. The van der Waals surface area contributed by atoms with Gasteiger partial charge in [0.15, 0.2) is 0 Å². The third-order valence-electron chi connectivity index (χ3n) is 4.95. The lowest BCUT2D eigenvalue weighted by molar-refractivity contribution is -0.129. The molecule has 2 amide bonds. The van der Waals surface area contributed by atoms with Gasteiger partial charge in [-0.2, -0.15) is 4.31 Å². The van der Waals surface area contributed by atoms with Crippen LogP contribution in [0.3, 0.4) is 0 Å². The summed E-state index contributed by atoms with van der Waals surface area (Å²) in [4.78, 5) is 25.6. The van der Waals surface area contributed by atoms with Gasteiger partial charge in [0.1, 0.15) is 0 Å². The van der Waals surface area contributed by atoms with E-state index in [-0.39, 0.29) is 29.8 Å². The molecule has 1 aliphatic rings. The van der Waals surface area contributed by atoms with Crippen LogP contribution in [0.5, 0.6) is 0 Å². The van der Waals surface area contributed by atoms with E-state index < -0.39 is 10.0 Å². The first-order valence-electron chi connectivity index (χ1n) is 9.12. The minimum absolute atomic E-state index is 0.0626. The highest BCUT2D eigenvalue weighted by atomic mass is 35.5. The standard InChI is InChI=1S/C20H22ClN3O4S/c1-14-18(21)4-3-5-19(14)22-20(26)16-6-8-17(9-7-16)29(27,28)24-12-10-23(11-13-24)15(2)25/h3-9H,10-13H2,1-2H3,(H,22,26). The zero-order valence-electron chi connectivity index (χ0n) is 16.2. The van der Waals surface area contributed by atoms with E-state index >= 15 is 0 Å². The molecule has 29 heavy (non-hydrogen) atoms. The second-order valence-corrected chi connectivity index (χ2v) is 9.15. The summed E-state index contributed by atoms with van der Waals surface area (Å²) in [6, 6.07) is 11.0. The molecule has 0 aliphatic carbocycles. The molecule has 2 aromatic carbocycles. The summed E-state index contributed by atoms with van der Waals surface area (Å²) in [5.74, 6) is -0.415. The number of benzene rings is 2. The van der Waals surface area contributed by atoms with E-state index in [2.05, 4.69) is 5.32 Å². The maximum atomic E-state index is 12.8. The molecule has 1 heterocycles. The maximum absolute atomic E-state index is 12.8. The number of nitrogens with zero attached hydrogens (tertiary/aromatic N) is 2. The van der Waals surface area contributed by atoms with E-state index in [0.29, 0.717) is 29.4 Å². The van der Waals surface area contributed by atoms with Crippen LogP contribution in [0.4, 0.5) is 5.69 Å². The predicted molar refractivity (Wildman–Crippen MR) is 112 cm³/mol. The largest absolute Gasteiger partial charge is 0.340 e. The Morgan fingerprint density at radius 2 is 1.62 bits per heavy atom.